The molecule has 0 bridgehead atoms. The van der Waals surface area contributed by atoms with Crippen LogP contribution in [0.25, 0.3) is 0 Å². The van der Waals surface area contributed by atoms with Crippen molar-refractivity contribution in [1.82, 2.24) is 0 Å². The highest BCUT2D eigenvalue weighted by Gasteiger charge is 2.17. The lowest BCUT2D eigenvalue weighted by atomic mass is 10.4. The molecule has 0 saturated carbocycles. The van der Waals surface area contributed by atoms with Crippen LogP contribution < -0.4 is 0 Å². The minimum atomic E-state index is -1.65. The van der Waals surface area contributed by atoms with E-state index < -0.39 is 5.79 Å². The van der Waals surface area contributed by atoms with Crippen molar-refractivity contribution in [2.45, 2.75) is 5.79 Å². The molecular weight excluding hydrogens is 116 g/mol. The maximum absolute atomic E-state index is 5.11. The molecule has 0 aliphatic rings. The first-order valence-electron chi connectivity index (χ1n) is 2.38. The molecule has 0 aliphatic carbocycles. The fraction of sp³-hybridized carbons (Fsp3) is 0.429. The van der Waals surface area contributed by atoms with Crippen LogP contribution in [0.3, 0.4) is 0 Å². The van der Waals surface area contributed by atoms with Gasteiger partial charge in [-0.2, -0.15) is 0 Å². The molecule has 8 radical (unpaired) electrons. The zero-order chi connectivity index (χ0) is 7.33. The monoisotopic (exact) mass is 124 g/mol. The van der Waals surface area contributed by atoms with E-state index in [1.165, 1.54) is 0 Å². The van der Waals surface area contributed by atoms with Crippen LogP contribution >= 0.6 is 0 Å². The third-order valence-corrected chi connectivity index (χ3v) is 0.618. The Hall–Kier alpha value is -0.0800. The average molecular weight is 124 g/mol. The van der Waals surface area contributed by atoms with E-state index >= 15 is 0 Å². The van der Waals surface area contributed by atoms with E-state index in [0.717, 1.165) is 0 Å². The van der Waals surface area contributed by atoms with Crippen LogP contribution in [0.4, 0.5) is 0 Å². The zero-order valence-electron chi connectivity index (χ0n) is 5.04. The third-order valence-electron chi connectivity index (χ3n) is 0.618. The van der Waals surface area contributed by atoms with Gasteiger partial charge >= 0.3 is 0 Å². The van der Waals surface area contributed by atoms with Crippen molar-refractivity contribution in [1.29, 1.82) is 0 Å². The van der Waals surface area contributed by atoms with Gasteiger partial charge in [0.05, 0.1) is 13.2 Å². The van der Waals surface area contributed by atoms with Crippen molar-refractivity contribution in [3.63, 3.8) is 0 Å². The summed E-state index contributed by atoms with van der Waals surface area (Å²) in [5, 5.41) is 0. The van der Waals surface area contributed by atoms with E-state index in [1.807, 2.05) is 0 Å². The first-order chi connectivity index (χ1) is 4.12. The second-order valence-electron chi connectivity index (χ2n) is 1.34. The van der Waals surface area contributed by atoms with Crippen LogP contribution in [0, 0.1) is 27.7 Å². The Bertz CT molecular complexity index is 61.3. The van der Waals surface area contributed by atoms with Crippen LogP contribution in [0.15, 0.2) is 0 Å². The van der Waals surface area contributed by atoms with E-state index in [1.54, 1.807) is 0 Å². The van der Waals surface area contributed by atoms with Gasteiger partial charge in [-0.05, 0) is 13.8 Å². The van der Waals surface area contributed by atoms with E-state index in [9.17, 15) is 0 Å². The number of ether oxygens (including phenoxy) is 2. The summed E-state index contributed by atoms with van der Waals surface area (Å²) in [7, 11) is 0. The van der Waals surface area contributed by atoms with Crippen LogP contribution in [0.2, 0.25) is 0 Å². The molecule has 0 aromatic heterocycles. The molecule has 0 aliphatic heterocycles. The first kappa shape index (κ1) is 8.92. The van der Waals surface area contributed by atoms with Crippen LogP contribution in [-0.4, -0.2) is 19.0 Å². The SMILES string of the molecule is [CH]COC([CH])([CH])OC[CH]. The van der Waals surface area contributed by atoms with Gasteiger partial charge in [0.1, 0.15) is 0 Å². The average Bonchev–Trinajstić information content (AvgIpc) is 1.64. The van der Waals surface area contributed by atoms with Crippen LogP contribution in [-0.2, 0) is 9.47 Å². The summed E-state index contributed by atoms with van der Waals surface area (Å²) in [4.78, 5) is 0. The Morgan fingerprint density at radius 2 is 1.33 bits per heavy atom. The molecular formula is C7H8O2. The highest BCUT2D eigenvalue weighted by atomic mass is 16.7. The molecule has 0 spiro atoms. The Kier molecular flexibility index (Phi) is 3.82. The third kappa shape index (κ3) is 4.43. The molecule has 48 valence electrons. The summed E-state index contributed by atoms with van der Waals surface area (Å²) in [6.45, 7) is 19.9. The summed E-state index contributed by atoms with van der Waals surface area (Å²) >= 11 is 0. The Balaban J connectivity index is 3.43. The minimum Gasteiger partial charge on any atom is -0.349 e. The molecule has 0 N–H and O–H groups in total. The summed E-state index contributed by atoms with van der Waals surface area (Å²) in [6, 6.07) is 0. The van der Waals surface area contributed by atoms with E-state index in [0.29, 0.717) is 0 Å². The molecule has 0 saturated heterocycles. The molecule has 9 heavy (non-hydrogen) atoms. The molecule has 0 atom stereocenters. The fourth-order valence-corrected chi connectivity index (χ4v) is 0.302. The molecule has 0 fully saturated rings. The Morgan fingerprint density at radius 3 is 1.56 bits per heavy atom. The van der Waals surface area contributed by atoms with E-state index in [-0.39, 0.29) is 13.2 Å². The lowest BCUT2D eigenvalue weighted by Gasteiger charge is -2.22. The molecule has 0 aromatic rings. The summed E-state index contributed by atoms with van der Waals surface area (Å²) in [6.07, 6.45) is 0. The summed E-state index contributed by atoms with van der Waals surface area (Å²) in [5.74, 6) is -1.65. The van der Waals surface area contributed by atoms with Crippen molar-refractivity contribution in [2.75, 3.05) is 13.2 Å². The maximum atomic E-state index is 5.11. The molecule has 0 heterocycles. The fourth-order valence-electron chi connectivity index (χ4n) is 0.302. The van der Waals surface area contributed by atoms with Crippen molar-refractivity contribution in [2.24, 2.45) is 0 Å². The Morgan fingerprint density at radius 1 is 1.00 bits per heavy atom. The quantitative estimate of drug-likeness (QED) is 0.510. The standard InChI is InChI=1S/C7H8O2/c1-5-8-7(3,4)9-6-2/h1-4H,5-6H2. The van der Waals surface area contributed by atoms with Gasteiger partial charge in [0.2, 0.25) is 0 Å². The number of rotatable bonds is 4. The topological polar surface area (TPSA) is 18.5 Å². The normalized spacial score (nSPS) is 12.0. The molecule has 0 rings (SSSR count). The van der Waals surface area contributed by atoms with Gasteiger partial charge in [-0.25, -0.2) is 0 Å². The van der Waals surface area contributed by atoms with Gasteiger partial charge in [0.15, 0.2) is 5.79 Å². The van der Waals surface area contributed by atoms with Crippen molar-refractivity contribution in [3.05, 3.63) is 27.7 Å². The number of hydrogen-bond acceptors (Lipinski definition) is 2. The number of hydrogen-bond donors (Lipinski definition) is 0. The smallest absolute Gasteiger partial charge is 0.175 e. The van der Waals surface area contributed by atoms with Crippen LogP contribution in [0.5, 0.6) is 0 Å². The largest absolute Gasteiger partial charge is 0.349 e. The zero-order valence-corrected chi connectivity index (χ0v) is 5.04. The van der Waals surface area contributed by atoms with Gasteiger partial charge in [-0.1, -0.05) is 0 Å². The van der Waals surface area contributed by atoms with Gasteiger partial charge < -0.3 is 9.47 Å². The van der Waals surface area contributed by atoms with Gasteiger partial charge in [-0.15, -0.1) is 0 Å². The lowest BCUT2D eigenvalue weighted by molar-refractivity contribution is -0.162. The van der Waals surface area contributed by atoms with Crippen molar-refractivity contribution < 1.29 is 9.47 Å². The summed E-state index contributed by atoms with van der Waals surface area (Å²) in [5.41, 5.74) is 0. The predicted octanol–water partition coefficient (Wildman–Crippen LogP) is 0.560. The highest BCUT2D eigenvalue weighted by Crippen LogP contribution is 2.07. The van der Waals surface area contributed by atoms with Gasteiger partial charge in [0.25, 0.3) is 0 Å². The van der Waals surface area contributed by atoms with Gasteiger partial charge in [-0.3, -0.25) is 0 Å². The Labute approximate surface area is 57.2 Å². The summed E-state index contributed by atoms with van der Waals surface area (Å²) < 4.78 is 9.00. The second kappa shape index (κ2) is 3.85. The van der Waals surface area contributed by atoms with Gasteiger partial charge in [0, 0.05) is 13.8 Å². The minimum absolute atomic E-state index is 0.104. The molecule has 2 heteroatoms. The van der Waals surface area contributed by atoms with Crippen molar-refractivity contribution in [3.8, 4) is 0 Å². The first-order valence-corrected chi connectivity index (χ1v) is 2.38. The van der Waals surface area contributed by atoms with E-state index in [4.69, 9.17) is 27.7 Å². The second-order valence-corrected chi connectivity index (χ2v) is 1.34. The highest BCUT2D eigenvalue weighted by molar-refractivity contribution is 4.75. The van der Waals surface area contributed by atoms with Crippen LogP contribution in [0.1, 0.15) is 0 Å². The molecule has 0 aromatic carbocycles. The van der Waals surface area contributed by atoms with E-state index in [2.05, 4.69) is 9.47 Å². The van der Waals surface area contributed by atoms with Crippen molar-refractivity contribution >= 4 is 0 Å². The molecule has 0 unspecified atom stereocenters. The lowest BCUT2D eigenvalue weighted by Crippen LogP contribution is -2.29. The predicted molar refractivity (Wildman–Crippen MR) is 31.8 cm³/mol. The molecule has 0 amide bonds. The molecule has 2 nitrogen and oxygen atoms in total. The maximum Gasteiger partial charge on any atom is 0.175 e.